The third-order valence-electron chi connectivity index (χ3n) is 3.41. The topological polar surface area (TPSA) is 78.0 Å². The standard InChI is InChI=1S/C15H16F3N3O2/c1-8(9(2)22)19-14(23)11-5-3-10(4-6-11)12-7-13(21-20-12)15(16,17)18/h3-9,22H,1-2H3,(H,19,23)(H,20,21). The summed E-state index contributed by atoms with van der Waals surface area (Å²) in [5.74, 6) is -0.372. The van der Waals surface area contributed by atoms with Gasteiger partial charge in [-0.3, -0.25) is 9.89 Å². The van der Waals surface area contributed by atoms with Gasteiger partial charge in [-0.15, -0.1) is 0 Å². The summed E-state index contributed by atoms with van der Waals surface area (Å²) in [7, 11) is 0. The van der Waals surface area contributed by atoms with E-state index in [1.54, 1.807) is 13.8 Å². The lowest BCUT2D eigenvalue weighted by Gasteiger charge is -2.16. The van der Waals surface area contributed by atoms with E-state index >= 15 is 0 Å². The van der Waals surface area contributed by atoms with Gasteiger partial charge in [0.25, 0.3) is 5.91 Å². The molecule has 0 radical (unpaired) electrons. The minimum absolute atomic E-state index is 0.140. The Balaban J connectivity index is 2.13. The lowest BCUT2D eigenvalue weighted by atomic mass is 10.1. The first kappa shape index (κ1) is 17.0. The highest BCUT2D eigenvalue weighted by atomic mass is 19.4. The monoisotopic (exact) mass is 327 g/mol. The largest absolute Gasteiger partial charge is 0.432 e. The van der Waals surface area contributed by atoms with Gasteiger partial charge in [-0.2, -0.15) is 18.3 Å². The summed E-state index contributed by atoms with van der Waals surface area (Å²) in [6, 6.07) is 6.49. The lowest BCUT2D eigenvalue weighted by Crippen LogP contribution is -2.39. The van der Waals surface area contributed by atoms with Crippen LogP contribution in [-0.2, 0) is 6.18 Å². The SMILES string of the molecule is CC(O)C(C)NC(=O)c1ccc(-c2cc(C(F)(F)F)[nH]n2)cc1. The van der Waals surface area contributed by atoms with Crippen LogP contribution in [0.5, 0.6) is 0 Å². The fourth-order valence-corrected chi connectivity index (χ4v) is 1.82. The highest BCUT2D eigenvalue weighted by molar-refractivity contribution is 5.94. The zero-order valence-corrected chi connectivity index (χ0v) is 12.5. The van der Waals surface area contributed by atoms with Gasteiger partial charge in [-0.05, 0) is 32.0 Å². The maximum absolute atomic E-state index is 12.5. The van der Waals surface area contributed by atoms with Crippen molar-refractivity contribution in [1.29, 1.82) is 0 Å². The third-order valence-corrected chi connectivity index (χ3v) is 3.41. The van der Waals surface area contributed by atoms with Crippen LogP contribution >= 0.6 is 0 Å². The second-order valence-corrected chi connectivity index (χ2v) is 5.24. The Labute approximate surface area is 130 Å². The van der Waals surface area contributed by atoms with Crippen molar-refractivity contribution in [2.24, 2.45) is 0 Å². The van der Waals surface area contributed by atoms with Gasteiger partial charge in [0.05, 0.1) is 17.8 Å². The molecule has 2 rings (SSSR count). The molecule has 1 aromatic heterocycles. The Morgan fingerprint density at radius 3 is 2.35 bits per heavy atom. The van der Waals surface area contributed by atoms with Gasteiger partial charge in [-0.25, -0.2) is 0 Å². The van der Waals surface area contributed by atoms with Crippen LogP contribution in [0.3, 0.4) is 0 Å². The van der Waals surface area contributed by atoms with Crippen molar-refractivity contribution in [3.63, 3.8) is 0 Å². The molecule has 1 aromatic carbocycles. The number of aliphatic hydroxyl groups is 1. The molecule has 2 unspecified atom stereocenters. The molecule has 0 saturated heterocycles. The molecule has 1 amide bonds. The number of nitrogens with one attached hydrogen (secondary N) is 2. The number of aliphatic hydroxyl groups excluding tert-OH is 1. The smallest absolute Gasteiger partial charge is 0.391 e. The molecule has 0 spiro atoms. The van der Waals surface area contributed by atoms with Crippen molar-refractivity contribution in [3.05, 3.63) is 41.6 Å². The third kappa shape index (κ3) is 4.10. The van der Waals surface area contributed by atoms with Crippen LogP contribution in [0.1, 0.15) is 29.9 Å². The fraction of sp³-hybridized carbons (Fsp3) is 0.333. The van der Waals surface area contributed by atoms with Gasteiger partial charge in [0.15, 0.2) is 0 Å². The zero-order valence-electron chi connectivity index (χ0n) is 12.5. The number of alkyl halides is 3. The number of aromatic amines is 1. The van der Waals surface area contributed by atoms with Crippen LogP contribution in [0.2, 0.25) is 0 Å². The summed E-state index contributed by atoms with van der Waals surface area (Å²) in [5.41, 5.74) is 0.00594. The first-order chi connectivity index (χ1) is 10.7. The molecule has 5 nitrogen and oxygen atoms in total. The molecule has 0 aliphatic heterocycles. The van der Waals surface area contributed by atoms with Gasteiger partial charge in [-0.1, -0.05) is 12.1 Å². The van der Waals surface area contributed by atoms with E-state index in [0.29, 0.717) is 11.1 Å². The molecule has 0 fully saturated rings. The number of halogens is 3. The van der Waals surface area contributed by atoms with Crippen molar-refractivity contribution < 1.29 is 23.1 Å². The fourth-order valence-electron chi connectivity index (χ4n) is 1.82. The van der Waals surface area contributed by atoms with E-state index in [9.17, 15) is 23.1 Å². The van der Waals surface area contributed by atoms with Crippen LogP contribution in [0, 0.1) is 0 Å². The summed E-state index contributed by atoms with van der Waals surface area (Å²) < 4.78 is 37.6. The van der Waals surface area contributed by atoms with E-state index in [-0.39, 0.29) is 11.6 Å². The second-order valence-electron chi connectivity index (χ2n) is 5.24. The molecule has 2 aromatic rings. The highest BCUT2D eigenvalue weighted by Crippen LogP contribution is 2.30. The summed E-state index contributed by atoms with van der Waals surface area (Å²) in [4.78, 5) is 12.0. The summed E-state index contributed by atoms with van der Waals surface area (Å²) in [6.07, 6.45) is -5.18. The van der Waals surface area contributed by atoms with Crippen LogP contribution < -0.4 is 5.32 Å². The van der Waals surface area contributed by atoms with Crippen LogP contribution in [-0.4, -0.2) is 33.4 Å². The van der Waals surface area contributed by atoms with Crippen LogP contribution in [0.25, 0.3) is 11.3 Å². The molecule has 3 N–H and O–H groups in total. The number of benzene rings is 1. The summed E-state index contributed by atoms with van der Waals surface area (Å²) in [6.45, 7) is 3.23. The number of aromatic nitrogens is 2. The minimum atomic E-state index is -4.48. The maximum atomic E-state index is 12.5. The Morgan fingerprint density at radius 1 is 1.26 bits per heavy atom. The van der Waals surface area contributed by atoms with Crippen molar-refractivity contribution in [1.82, 2.24) is 15.5 Å². The number of hydrogen-bond acceptors (Lipinski definition) is 3. The molecular weight excluding hydrogens is 311 g/mol. The Bertz CT molecular complexity index is 678. The van der Waals surface area contributed by atoms with Gasteiger partial charge in [0.2, 0.25) is 0 Å². The van der Waals surface area contributed by atoms with Gasteiger partial charge >= 0.3 is 6.18 Å². The first-order valence-corrected chi connectivity index (χ1v) is 6.90. The van der Waals surface area contributed by atoms with E-state index < -0.39 is 24.0 Å². The van der Waals surface area contributed by atoms with E-state index in [1.807, 2.05) is 5.10 Å². The highest BCUT2D eigenvalue weighted by Gasteiger charge is 2.33. The molecule has 0 aliphatic rings. The number of hydrogen-bond donors (Lipinski definition) is 3. The molecule has 0 aliphatic carbocycles. The van der Waals surface area contributed by atoms with E-state index in [2.05, 4.69) is 10.4 Å². The average molecular weight is 327 g/mol. The van der Waals surface area contributed by atoms with Crippen molar-refractivity contribution in [3.8, 4) is 11.3 Å². The first-order valence-electron chi connectivity index (χ1n) is 6.90. The normalized spacial score (nSPS) is 14.3. The molecule has 1 heterocycles. The number of carbonyl (C=O) groups excluding carboxylic acids is 1. The lowest BCUT2D eigenvalue weighted by molar-refractivity contribution is -0.141. The maximum Gasteiger partial charge on any atom is 0.432 e. The molecule has 23 heavy (non-hydrogen) atoms. The molecule has 0 saturated carbocycles. The van der Waals surface area contributed by atoms with Crippen molar-refractivity contribution in [2.45, 2.75) is 32.2 Å². The Hall–Kier alpha value is -2.35. The average Bonchev–Trinajstić information content (AvgIpc) is 2.97. The minimum Gasteiger partial charge on any atom is -0.391 e. The summed E-state index contributed by atoms with van der Waals surface area (Å²) in [5, 5.41) is 17.5. The summed E-state index contributed by atoms with van der Waals surface area (Å²) >= 11 is 0. The van der Waals surface area contributed by atoms with Crippen molar-refractivity contribution >= 4 is 5.91 Å². The van der Waals surface area contributed by atoms with Crippen LogP contribution in [0.4, 0.5) is 13.2 Å². The number of rotatable bonds is 4. The number of carbonyl (C=O) groups is 1. The van der Waals surface area contributed by atoms with E-state index in [4.69, 9.17) is 0 Å². The number of nitrogens with zero attached hydrogens (tertiary/aromatic N) is 1. The quantitative estimate of drug-likeness (QED) is 0.808. The molecular formula is C15H16F3N3O2. The number of H-pyrrole nitrogens is 1. The van der Waals surface area contributed by atoms with Crippen molar-refractivity contribution in [2.75, 3.05) is 0 Å². The van der Waals surface area contributed by atoms with Crippen LogP contribution in [0.15, 0.2) is 30.3 Å². The molecule has 124 valence electrons. The van der Waals surface area contributed by atoms with E-state index in [0.717, 1.165) is 6.07 Å². The predicted octanol–water partition coefficient (Wildman–Crippen LogP) is 2.59. The van der Waals surface area contributed by atoms with Gasteiger partial charge in [0.1, 0.15) is 5.69 Å². The Morgan fingerprint density at radius 2 is 1.87 bits per heavy atom. The predicted molar refractivity (Wildman–Crippen MR) is 77.6 cm³/mol. The zero-order chi connectivity index (χ0) is 17.2. The van der Waals surface area contributed by atoms with E-state index in [1.165, 1.54) is 24.3 Å². The molecule has 0 bridgehead atoms. The van der Waals surface area contributed by atoms with Gasteiger partial charge in [0, 0.05) is 11.1 Å². The second kappa shape index (κ2) is 6.41. The molecule has 8 heteroatoms. The molecule has 2 atom stereocenters. The number of amides is 1. The van der Waals surface area contributed by atoms with Gasteiger partial charge < -0.3 is 10.4 Å². The Kier molecular flexibility index (Phi) is 4.74.